The summed E-state index contributed by atoms with van der Waals surface area (Å²) in [6, 6.07) is 7.79. The molecule has 1 aromatic carbocycles. The third kappa shape index (κ3) is 3.86. The van der Waals surface area contributed by atoms with Gasteiger partial charge in [-0.2, -0.15) is 0 Å². The zero-order valence-electron chi connectivity index (χ0n) is 17.2. The van der Waals surface area contributed by atoms with Crippen LogP contribution in [0.15, 0.2) is 36.5 Å². The fourth-order valence-electron chi connectivity index (χ4n) is 3.25. The molecule has 0 aliphatic heterocycles. The number of nitrogens with zero attached hydrogens (tertiary/aromatic N) is 3. The van der Waals surface area contributed by atoms with Crippen molar-refractivity contribution in [1.29, 1.82) is 0 Å². The second-order valence-corrected chi connectivity index (χ2v) is 7.97. The summed E-state index contributed by atoms with van der Waals surface area (Å²) in [5.41, 5.74) is 3.98. The molecule has 0 saturated heterocycles. The molecule has 0 aliphatic carbocycles. The lowest BCUT2D eigenvalue weighted by atomic mass is 10.1. The minimum atomic E-state index is -0.646. The highest BCUT2D eigenvalue weighted by Crippen LogP contribution is 2.28. The normalized spacial score (nSPS) is 11.7. The fourth-order valence-corrected chi connectivity index (χ4v) is 3.25. The molecule has 0 spiro atoms. The fraction of sp³-hybridized carbons (Fsp3) is 0.364. The topological polar surface area (TPSA) is 47.4 Å². The summed E-state index contributed by atoms with van der Waals surface area (Å²) in [4.78, 5) is 18.9. The van der Waals surface area contributed by atoms with E-state index in [0.29, 0.717) is 5.69 Å². The van der Waals surface area contributed by atoms with Crippen LogP contribution in [0.2, 0.25) is 0 Å². The number of anilines is 1. The van der Waals surface area contributed by atoms with Crippen LogP contribution in [0, 0.1) is 19.7 Å². The summed E-state index contributed by atoms with van der Waals surface area (Å²) in [6.45, 7) is 9.80. The minimum Gasteiger partial charge on any atom is -0.443 e. The Balaban J connectivity index is 2.07. The van der Waals surface area contributed by atoms with Gasteiger partial charge in [-0.25, -0.2) is 9.18 Å². The van der Waals surface area contributed by atoms with Gasteiger partial charge < -0.3 is 9.30 Å². The third-order valence-electron chi connectivity index (χ3n) is 4.85. The Kier molecular flexibility index (Phi) is 5.15. The average Bonchev–Trinajstić information content (AvgIpc) is 2.84. The summed E-state index contributed by atoms with van der Waals surface area (Å²) in [5.74, 6) is -0.359. The quantitative estimate of drug-likeness (QED) is 0.619. The van der Waals surface area contributed by atoms with Gasteiger partial charge in [0.25, 0.3) is 0 Å². The van der Waals surface area contributed by atoms with E-state index < -0.39 is 11.7 Å². The van der Waals surface area contributed by atoms with Crippen LogP contribution in [0.5, 0.6) is 0 Å². The highest BCUT2D eigenvalue weighted by molar-refractivity contribution is 5.90. The molecule has 0 radical (unpaired) electrons. The van der Waals surface area contributed by atoms with E-state index in [-0.39, 0.29) is 12.4 Å². The number of fused-ring (bicyclic) bond motifs is 1. The van der Waals surface area contributed by atoms with Gasteiger partial charge in [0.2, 0.25) is 0 Å². The first-order chi connectivity index (χ1) is 13.1. The number of halogens is 1. The Morgan fingerprint density at radius 2 is 1.82 bits per heavy atom. The summed E-state index contributed by atoms with van der Waals surface area (Å²) in [6.07, 6.45) is 1.25. The van der Waals surface area contributed by atoms with Crippen molar-refractivity contribution in [3.8, 4) is 0 Å². The monoisotopic (exact) mass is 383 g/mol. The molecule has 1 amide bonds. The van der Waals surface area contributed by atoms with E-state index in [1.807, 2.05) is 33.9 Å². The Hall–Kier alpha value is -2.89. The van der Waals surface area contributed by atoms with E-state index >= 15 is 0 Å². The van der Waals surface area contributed by atoms with Gasteiger partial charge in [0.1, 0.15) is 11.4 Å². The smallest absolute Gasteiger partial charge is 0.415 e. The molecule has 0 unspecified atom stereocenters. The maximum atomic E-state index is 13.4. The van der Waals surface area contributed by atoms with Crippen LogP contribution < -0.4 is 4.90 Å². The number of carbonyl (C=O) groups excluding carboxylic acids is 1. The SMILES string of the molecule is Cc1c(C)n(C)c2c(CN(C(=O)OC(C)(C)C)c3ccc(F)cc3)nccc12. The van der Waals surface area contributed by atoms with Crippen LogP contribution in [0.4, 0.5) is 14.9 Å². The van der Waals surface area contributed by atoms with Crippen LogP contribution in [0.3, 0.4) is 0 Å². The van der Waals surface area contributed by atoms with Gasteiger partial charge in [-0.15, -0.1) is 0 Å². The van der Waals surface area contributed by atoms with Crippen LogP contribution in [0.1, 0.15) is 37.7 Å². The number of benzene rings is 1. The molecule has 6 heteroatoms. The van der Waals surface area contributed by atoms with Crippen molar-refractivity contribution in [2.24, 2.45) is 7.05 Å². The predicted octanol–water partition coefficient (Wildman–Crippen LogP) is 5.27. The largest absolute Gasteiger partial charge is 0.443 e. The number of rotatable bonds is 3. The molecular weight excluding hydrogens is 357 g/mol. The maximum Gasteiger partial charge on any atom is 0.415 e. The lowest BCUT2D eigenvalue weighted by Gasteiger charge is -2.27. The zero-order chi connectivity index (χ0) is 20.6. The first kappa shape index (κ1) is 19.9. The van der Waals surface area contributed by atoms with Crippen molar-refractivity contribution in [1.82, 2.24) is 9.55 Å². The standard InChI is InChI=1S/C22H26FN3O2/c1-14-15(2)25(6)20-18(14)11-12-24-19(20)13-26(21(27)28-22(3,4)5)17-9-7-16(23)8-10-17/h7-12H,13H2,1-6H3. The first-order valence-electron chi connectivity index (χ1n) is 9.24. The Morgan fingerprint density at radius 1 is 1.18 bits per heavy atom. The van der Waals surface area contributed by atoms with Crippen LogP contribution in [-0.2, 0) is 18.3 Å². The van der Waals surface area contributed by atoms with E-state index in [2.05, 4.69) is 23.4 Å². The van der Waals surface area contributed by atoms with Crippen LogP contribution in [0.25, 0.3) is 10.9 Å². The highest BCUT2D eigenvalue weighted by atomic mass is 19.1. The van der Waals surface area contributed by atoms with Gasteiger partial charge in [0, 0.05) is 30.0 Å². The maximum absolute atomic E-state index is 13.4. The Labute approximate surface area is 164 Å². The number of aryl methyl sites for hydroxylation is 2. The van der Waals surface area contributed by atoms with Crippen LogP contribution >= 0.6 is 0 Å². The van der Waals surface area contributed by atoms with Crippen molar-refractivity contribution >= 4 is 22.7 Å². The van der Waals surface area contributed by atoms with Gasteiger partial charge in [-0.05, 0) is 70.5 Å². The van der Waals surface area contributed by atoms with E-state index in [4.69, 9.17) is 4.74 Å². The molecule has 0 fully saturated rings. The van der Waals surface area contributed by atoms with Crippen LogP contribution in [-0.4, -0.2) is 21.2 Å². The molecule has 3 aromatic rings. The molecule has 5 nitrogen and oxygen atoms in total. The summed E-state index contributed by atoms with van der Waals surface area (Å²) >= 11 is 0. The molecule has 0 N–H and O–H groups in total. The number of hydrogen-bond acceptors (Lipinski definition) is 3. The van der Waals surface area contributed by atoms with Gasteiger partial charge in [-0.3, -0.25) is 9.88 Å². The third-order valence-corrected chi connectivity index (χ3v) is 4.85. The van der Waals surface area contributed by atoms with E-state index in [0.717, 1.165) is 22.3 Å². The first-order valence-corrected chi connectivity index (χ1v) is 9.24. The van der Waals surface area contributed by atoms with E-state index in [1.165, 1.54) is 22.6 Å². The Morgan fingerprint density at radius 3 is 2.43 bits per heavy atom. The molecule has 2 aromatic heterocycles. The number of hydrogen-bond donors (Lipinski definition) is 0. The molecule has 0 saturated carbocycles. The van der Waals surface area contributed by atoms with E-state index in [1.54, 1.807) is 18.3 Å². The molecular formula is C22H26FN3O2. The van der Waals surface area contributed by atoms with Gasteiger partial charge in [-0.1, -0.05) is 0 Å². The number of amides is 1. The zero-order valence-corrected chi connectivity index (χ0v) is 17.2. The lowest BCUT2D eigenvalue weighted by Crippen LogP contribution is -2.36. The second-order valence-electron chi connectivity index (χ2n) is 7.97. The molecule has 2 heterocycles. The van der Waals surface area contributed by atoms with Gasteiger partial charge in [0.05, 0.1) is 17.8 Å². The number of ether oxygens (including phenoxy) is 1. The molecule has 28 heavy (non-hydrogen) atoms. The predicted molar refractivity (Wildman–Crippen MR) is 109 cm³/mol. The number of pyridine rings is 1. The van der Waals surface area contributed by atoms with Crippen molar-refractivity contribution < 1.29 is 13.9 Å². The summed E-state index contributed by atoms with van der Waals surface area (Å²) in [5, 5.41) is 1.10. The van der Waals surface area contributed by atoms with Crippen molar-refractivity contribution in [2.45, 2.75) is 46.8 Å². The lowest BCUT2D eigenvalue weighted by molar-refractivity contribution is 0.0577. The Bertz CT molecular complexity index is 1020. The molecule has 148 valence electrons. The molecule has 0 atom stereocenters. The van der Waals surface area contributed by atoms with Crippen molar-refractivity contribution in [2.75, 3.05) is 4.90 Å². The number of carbonyl (C=O) groups is 1. The highest BCUT2D eigenvalue weighted by Gasteiger charge is 2.25. The van der Waals surface area contributed by atoms with E-state index in [9.17, 15) is 9.18 Å². The van der Waals surface area contributed by atoms with Crippen molar-refractivity contribution in [3.05, 3.63) is 59.3 Å². The minimum absolute atomic E-state index is 0.217. The van der Waals surface area contributed by atoms with Gasteiger partial charge in [0.15, 0.2) is 0 Å². The summed E-state index contributed by atoms with van der Waals surface area (Å²) in [7, 11) is 1.99. The summed E-state index contributed by atoms with van der Waals surface area (Å²) < 4.78 is 21.1. The second kappa shape index (κ2) is 7.26. The molecule has 0 aliphatic rings. The molecule has 3 rings (SSSR count). The van der Waals surface area contributed by atoms with Crippen molar-refractivity contribution in [3.63, 3.8) is 0 Å². The molecule has 0 bridgehead atoms. The number of aromatic nitrogens is 2. The average molecular weight is 383 g/mol. The van der Waals surface area contributed by atoms with Gasteiger partial charge >= 0.3 is 6.09 Å².